The van der Waals surface area contributed by atoms with Gasteiger partial charge in [0.15, 0.2) is 23.0 Å². The van der Waals surface area contributed by atoms with Crippen LogP contribution in [0.15, 0.2) is 30.3 Å². The first-order valence-electron chi connectivity index (χ1n) is 10.0. The molecule has 1 saturated heterocycles. The van der Waals surface area contributed by atoms with E-state index >= 15 is 0 Å². The van der Waals surface area contributed by atoms with Crippen LogP contribution >= 0.6 is 0 Å². The summed E-state index contributed by atoms with van der Waals surface area (Å²) in [4.78, 5) is 12.4. The number of carbonyl (C=O) groups is 1. The lowest BCUT2D eigenvalue weighted by atomic mass is 9.83. The van der Waals surface area contributed by atoms with Crippen LogP contribution in [0.2, 0.25) is 0 Å². The lowest BCUT2D eigenvalue weighted by Crippen LogP contribution is -2.24. The first kappa shape index (κ1) is 22.6. The molecule has 168 valence electrons. The molecule has 0 bridgehead atoms. The Balaban J connectivity index is 1.84. The molecule has 8 nitrogen and oxygen atoms in total. The third-order valence-corrected chi connectivity index (χ3v) is 5.33. The average molecular weight is 432 g/mol. The van der Waals surface area contributed by atoms with Crippen molar-refractivity contribution in [3.05, 3.63) is 41.5 Å². The Kier molecular flexibility index (Phi) is 6.80. The van der Waals surface area contributed by atoms with E-state index in [1.165, 1.54) is 20.3 Å². The summed E-state index contributed by atoms with van der Waals surface area (Å²) in [7, 11) is 2.85. The number of aliphatic hydroxyl groups is 1. The molecule has 8 heteroatoms. The molecule has 3 N–H and O–H groups in total. The number of hydrogen-bond acceptors (Lipinski definition) is 8. The Morgan fingerprint density at radius 2 is 1.71 bits per heavy atom. The van der Waals surface area contributed by atoms with Crippen LogP contribution in [0.4, 0.5) is 0 Å². The van der Waals surface area contributed by atoms with Gasteiger partial charge in [-0.2, -0.15) is 0 Å². The molecule has 1 heterocycles. The molecule has 2 aromatic carbocycles. The smallest absolute Gasteiger partial charge is 0.309 e. The fourth-order valence-electron chi connectivity index (χ4n) is 3.76. The van der Waals surface area contributed by atoms with Crippen LogP contribution in [0.1, 0.15) is 31.1 Å². The fraction of sp³-hybridized carbons (Fsp3) is 0.435. The predicted molar refractivity (Wildman–Crippen MR) is 112 cm³/mol. The Morgan fingerprint density at radius 1 is 1.06 bits per heavy atom. The van der Waals surface area contributed by atoms with Crippen LogP contribution in [0, 0.1) is 11.8 Å². The van der Waals surface area contributed by atoms with E-state index in [0.717, 1.165) is 0 Å². The summed E-state index contributed by atoms with van der Waals surface area (Å²) in [5.74, 6) is -0.994. The summed E-state index contributed by atoms with van der Waals surface area (Å²) in [6, 6.07) is 7.94. The number of cyclic esters (lactones) is 1. The Hall–Kier alpha value is -3.13. The molecule has 31 heavy (non-hydrogen) atoms. The van der Waals surface area contributed by atoms with Gasteiger partial charge < -0.3 is 34.3 Å². The number of rotatable bonds is 8. The maximum atomic E-state index is 12.4. The number of aromatic hydroxyl groups is 2. The number of hydrogen-bond donors (Lipinski definition) is 3. The highest BCUT2D eigenvalue weighted by atomic mass is 16.5. The van der Waals surface area contributed by atoms with Gasteiger partial charge in [-0.15, -0.1) is 0 Å². The van der Waals surface area contributed by atoms with E-state index in [1.54, 1.807) is 24.3 Å². The summed E-state index contributed by atoms with van der Waals surface area (Å²) >= 11 is 0. The fourth-order valence-corrected chi connectivity index (χ4v) is 3.76. The van der Waals surface area contributed by atoms with Gasteiger partial charge in [0.05, 0.1) is 39.0 Å². The van der Waals surface area contributed by atoms with E-state index in [-0.39, 0.29) is 42.1 Å². The summed E-state index contributed by atoms with van der Waals surface area (Å²) in [6.45, 7) is 3.76. The molecular formula is C23H28O8. The van der Waals surface area contributed by atoms with Crippen molar-refractivity contribution in [3.8, 4) is 28.7 Å². The molecule has 0 aliphatic carbocycles. The van der Waals surface area contributed by atoms with Crippen LogP contribution in [-0.2, 0) is 16.0 Å². The second-order valence-corrected chi connectivity index (χ2v) is 7.79. The summed E-state index contributed by atoms with van der Waals surface area (Å²) in [5.41, 5.74) is 1.15. The number of benzene rings is 2. The van der Waals surface area contributed by atoms with E-state index in [0.29, 0.717) is 16.9 Å². The van der Waals surface area contributed by atoms with E-state index in [1.807, 2.05) is 13.8 Å². The SMILES string of the molecule is COc1cc(C[C@H]2C(=O)OC[C@@H]2[C@@H](O)c2ccc(OC(C)C)c(O)c2)cc(OC)c1O. The Bertz CT molecular complexity index is 914. The average Bonchev–Trinajstić information content (AvgIpc) is 3.09. The molecule has 2 aromatic rings. The van der Waals surface area contributed by atoms with Crippen LogP contribution in [0.3, 0.4) is 0 Å². The first-order valence-corrected chi connectivity index (χ1v) is 10.0. The Labute approximate surface area is 180 Å². The van der Waals surface area contributed by atoms with Gasteiger partial charge in [0.25, 0.3) is 0 Å². The largest absolute Gasteiger partial charge is 0.504 e. The second-order valence-electron chi connectivity index (χ2n) is 7.79. The summed E-state index contributed by atoms with van der Waals surface area (Å²) < 4.78 is 21.1. The monoisotopic (exact) mass is 432 g/mol. The lowest BCUT2D eigenvalue weighted by molar-refractivity contribution is -0.141. The van der Waals surface area contributed by atoms with Crippen molar-refractivity contribution in [1.82, 2.24) is 0 Å². The number of methoxy groups -OCH3 is 2. The van der Waals surface area contributed by atoms with Crippen molar-refractivity contribution in [2.45, 2.75) is 32.5 Å². The molecule has 1 aliphatic rings. The maximum absolute atomic E-state index is 12.4. The quantitative estimate of drug-likeness (QED) is 0.546. The van der Waals surface area contributed by atoms with Gasteiger partial charge in [-0.1, -0.05) is 6.07 Å². The van der Waals surface area contributed by atoms with Crippen molar-refractivity contribution in [2.75, 3.05) is 20.8 Å². The standard InChI is InChI=1S/C23H28O8/c1-12(2)31-18-6-5-14(10-17(18)24)21(25)16-11-30-23(27)15(16)7-13-8-19(28-3)22(26)20(9-13)29-4/h5-6,8-10,12,15-16,21,24-26H,7,11H2,1-4H3/t15-,16+,21+/m1/s1. The second kappa shape index (κ2) is 9.34. The summed E-state index contributed by atoms with van der Waals surface area (Å²) in [5, 5.41) is 31.3. The molecule has 3 atom stereocenters. The summed E-state index contributed by atoms with van der Waals surface area (Å²) in [6.07, 6.45) is -0.879. The minimum atomic E-state index is -1.03. The van der Waals surface area contributed by atoms with Crippen LogP contribution in [0.5, 0.6) is 28.7 Å². The van der Waals surface area contributed by atoms with E-state index in [4.69, 9.17) is 18.9 Å². The molecule has 0 aromatic heterocycles. The Morgan fingerprint density at radius 3 is 2.26 bits per heavy atom. The number of esters is 1. The van der Waals surface area contributed by atoms with Gasteiger partial charge in [0.2, 0.25) is 5.75 Å². The molecule has 3 rings (SSSR count). The zero-order valence-electron chi connectivity index (χ0n) is 18.0. The van der Waals surface area contributed by atoms with Crippen molar-refractivity contribution >= 4 is 5.97 Å². The number of ether oxygens (including phenoxy) is 4. The zero-order chi connectivity index (χ0) is 22.7. The molecular weight excluding hydrogens is 404 g/mol. The molecule has 0 saturated carbocycles. The topological polar surface area (TPSA) is 115 Å². The van der Waals surface area contributed by atoms with Crippen LogP contribution in [-0.4, -0.2) is 48.2 Å². The van der Waals surface area contributed by atoms with Crippen molar-refractivity contribution in [3.63, 3.8) is 0 Å². The molecule has 0 amide bonds. The van der Waals surface area contributed by atoms with Gasteiger partial charge in [-0.3, -0.25) is 4.79 Å². The van der Waals surface area contributed by atoms with Gasteiger partial charge in [0, 0.05) is 5.92 Å². The zero-order valence-corrected chi connectivity index (χ0v) is 18.0. The van der Waals surface area contributed by atoms with Crippen molar-refractivity contribution in [1.29, 1.82) is 0 Å². The third kappa shape index (κ3) is 4.80. The minimum Gasteiger partial charge on any atom is -0.504 e. The normalized spacial score (nSPS) is 19.2. The number of phenols is 2. The van der Waals surface area contributed by atoms with Gasteiger partial charge in [-0.25, -0.2) is 0 Å². The number of aliphatic hydroxyl groups excluding tert-OH is 1. The van der Waals surface area contributed by atoms with Gasteiger partial charge in [-0.05, 0) is 55.7 Å². The highest BCUT2D eigenvalue weighted by Crippen LogP contribution is 2.41. The molecule has 0 radical (unpaired) electrons. The van der Waals surface area contributed by atoms with E-state index < -0.39 is 23.9 Å². The lowest BCUT2D eigenvalue weighted by Gasteiger charge is -2.23. The van der Waals surface area contributed by atoms with Crippen molar-refractivity contribution < 1.29 is 39.1 Å². The highest BCUT2D eigenvalue weighted by molar-refractivity contribution is 5.75. The molecule has 1 aliphatic heterocycles. The van der Waals surface area contributed by atoms with E-state index in [9.17, 15) is 20.1 Å². The molecule has 0 spiro atoms. The minimum absolute atomic E-state index is 0.0576. The number of carbonyl (C=O) groups excluding carboxylic acids is 1. The highest BCUT2D eigenvalue weighted by Gasteiger charge is 2.42. The van der Waals surface area contributed by atoms with Crippen molar-refractivity contribution in [2.24, 2.45) is 11.8 Å². The van der Waals surface area contributed by atoms with E-state index in [2.05, 4.69) is 0 Å². The van der Waals surface area contributed by atoms with Crippen LogP contribution < -0.4 is 14.2 Å². The predicted octanol–water partition coefficient (Wildman–Crippen LogP) is 2.97. The maximum Gasteiger partial charge on any atom is 0.309 e. The first-order chi connectivity index (χ1) is 14.7. The third-order valence-electron chi connectivity index (χ3n) is 5.33. The van der Waals surface area contributed by atoms with Gasteiger partial charge >= 0.3 is 5.97 Å². The van der Waals surface area contributed by atoms with Gasteiger partial charge in [0.1, 0.15) is 0 Å². The van der Waals surface area contributed by atoms with Crippen LogP contribution in [0.25, 0.3) is 0 Å². The molecule has 0 unspecified atom stereocenters. The number of phenolic OH excluding ortho intramolecular Hbond substituents is 2. The molecule has 1 fully saturated rings.